The Hall–Kier alpha value is -2.84. The zero-order chi connectivity index (χ0) is 22.6. The van der Waals surface area contributed by atoms with E-state index in [0.717, 1.165) is 41.3 Å². The number of carbonyl (C=O) groups excluding carboxylic acids is 2. The minimum atomic E-state index is -0.833. The number of aromatic amines is 1. The van der Waals surface area contributed by atoms with Gasteiger partial charge in [-0.2, -0.15) is 0 Å². The smallest absolute Gasteiger partial charge is 0.256 e. The lowest BCUT2D eigenvalue weighted by Gasteiger charge is -2.40. The number of nitrogens with one attached hydrogen (secondary N) is 2. The number of hydrogen-bond acceptors (Lipinski definition) is 4. The molecule has 1 fully saturated rings. The Morgan fingerprint density at radius 1 is 1.22 bits per heavy atom. The summed E-state index contributed by atoms with van der Waals surface area (Å²) in [5.41, 5.74) is 4.90. The Balaban J connectivity index is 1.43. The molecule has 8 heteroatoms. The number of carbonyl (C=O) groups is 2. The van der Waals surface area contributed by atoms with Crippen molar-refractivity contribution in [2.24, 2.45) is 0 Å². The Labute approximate surface area is 188 Å². The number of aromatic nitrogens is 1. The van der Waals surface area contributed by atoms with E-state index >= 15 is 0 Å². The topological polar surface area (TPSA) is 88.7 Å². The summed E-state index contributed by atoms with van der Waals surface area (Å²) in [6, 6.07) is 5.34. The average molecular weight is 430 g/mol. The zero-order valence-electron chi connectivity index (χ0n) is 18.5. The lowest BCUT2D eigenvalue weighted by atomic mass is 9.90. The van der Waals surface area contributed by atoms with E-state index in [1.54, 1.807) is 29.2 Å². The van der Waals surface area contributed by atoms with Crippen LogP contribution in [-0.4, -0.2) is 78.4 Å². The quantitative estimate of drug-likeness (QED) is 0.502. The second-order valence-electron chi connectivity index (χ2n) is 9.34. The summed E-state index contributed by atoms with van der Waals surface area (Å²) in [6.45, 7) is 4.49. The molecule has 164 valence electrons. The number of amides is 2. The Kier molecular flexibility index (Phi) is 5.02. The van der Waals surface area contributed by atoms with Crippen LogP contribution in [-0.2, 0) is 11.2 Å². The average Bonchev–Trinajstić information content (AvgIpc) is 3.24. The summed E-state index contributed by atoms with van der Waals surface area (Å²) in [5.74, 6) is -0.243. The Morgan fingerprint density at radius 2 is 1.97 bits per heavy atom. The third-order valence-electron chi connectivity index (χ3n) is 7.02. The molecule has 0 unspecified atom stereocenters. The molecule has 3 aliphatic heterocycles. The van der Waals surface area contributed by atoms with E-state index in [4.69, 9.17) is 7.85 Å². The number of fused-ring (bicyclic) bond motifs is 2. The van der Waals surface area contributed by atoms with Crippen molar-refractivity contribution in [1.29, 1.82) is 0 Å². The first kappa shape index (κ1) is 21.0. The maximum Gasteiger partial charge on any atom is 0.256 e. The molecule has 1 aromatic carbocycles. The monoisotopic (exact) mass is 430 g/mol. The van der Waals surface area contributed by atoms with Crippen molar-refractivity contribution in [2.75, 3.05) is 38.5 Å². The maximum absolute atomic E-state index is 13.3. The van der Waals surface area contributed by atoms with E-state index in [2.05, 4.69) is 22.2 Å². The molecule has 5 rings (SSSR count). The SMILES string of the molecule is [B]c1ccc2c(c1)/C(=C/c1[nH]c3c(c1C)C(=O)N(CC1(O)CCN(C)CC1)CC3)C(=O)N2. The van der Waals surface area contributed by atoms with Crippen LogP contribution in [0.5, 0.6) is 0 Å². The molecule has 0 spiro atoms. The van der Waals surface area contributed by atoms with Crippen LogP contribution in [0.3, 0.4) is 0 Å². The molecular weight excluding hydrogens is 403 g/mol. The fourth-order valence-electron chi connectivity index (χ4n) is 5.00. The standard InChI is InChI=1S/C24H27BN4O3/c1-14-20(12-17-16-11-15(25)3-4-18(16)27-22(17)30)26-19-5-8-29(23(31)21(14)19)13-24(32)6-9-28(2)10-7-24/h3-4,11-12,26,32H,5-10,13H2,1-2H3,(H,27,30)/b17-12-. The van der Waals surface area contributed by atoms with Gasteiger partial charge < -0.3 is 25.2 Å². The number of anilines is 1. The molecule has 2 aromatic rings. The van der Waals surface area contributed by atoms with Gasteiger partial charge in [-0.05, 0) is 44.5 Å². The minimum Gasteiger partial charge on any atom is -0.388 e. The van der Waals surface area contributed by atoms with Gasteiger partial charge in [-0.1, -0.05) is 17.6 Å². The molecule has 0 atom stereocenters. The highest BCUT2D eigenvalue weighted by atomic mass is 16.3. The normalized spacial score (nSPS) is 21.6. The molecule has 0 saturated carbocycles. The number of rotatable bonds is 3. The van der Waals surface area contributed by atoms with Gasteiger partial charge in [-0.25, -0.2) is 0 Å². The first-order chi connectivity index (χ1) is 15.2. The number of nitrogens with zero attached hydrogens (tertiary/aromatic N) is 2. The molecular formula is C24H27BN4O3. The summed E-state index contributed by atoms with van der Waals surface area (Å²) in [4.78, 5) is 33.2. The molecule has 2 amide bonds. The summed E-state index contributed by atoms with van der Waals surface area (Å²) in [6.07, 6.45) is 3.83. The molecule has 7 nitrogen and oxygen atoms in total. The number of piperidine rings is 1. The van der Waals surface area contributed by atoms with Crippen molar-refractivity contribution in [1.82, 2.24) is 14.8 Å². The third-order valence-corrected chi connectivity index (χ3v) is 7.02. The number of H-pyrrole nitrogens is 1. The molecule has 0 bridgehead atoms. The number of hydrogen-bond donors (Lipinski definition) is 3. The van der Waals surface area contributed by atoms with Gasteiger partial charge in [0.15, 0.2) is 0 Å². The highest BCUT2D eigenvalue weighted by molar-refractivity contribution is 6.37. The Morgan fingerprint density at radius 3 is 2.72 bits per heavy atom. The summed E-state index contributed by atoms with van der Waals surface area (Å²) in [7, 11) is 7.97. The van der Waals surface area contributed by atoms with Gasteiger partial charge in [-0.15, -0.1) is 0 Å². The van der Waals surface area contributed by atoms with Crippen LogP contribution in [0.2, 0.25) is 0 Å². The van der Waals surface area contributed by atoms with Crippen LogP contribution in [0, 0.1) is 6.92 Å². The molecule has 4 heterocycles. The summed E-state index contributed by atoms with van der Waals surface area (Å²) < 4.78 is 0. The Bertz CT molecular complexity index is 1140. The number of benzene rings is 1. The van der Waals surface area contributed by atoms with Gasteiger partial charge >= 0.3 is 0 Å². The van der Waals surface area contributed by atoms with Gasteiger partial charge in [0.05, 0.1) is 16.7 Å². The van der Waals surface area contributed by atoms with Crippen LogP contribution in [0.1, 0.15) is 45.7 Å². The summed E-state index contributed by atoms with van der Waals surface area (Å²) >= 11 is 0. The van der Waals surface area contributed by atoms with Crippen LogP contribution in [0.15, 0.2) is 18.2 Å². The van der Waals surface area contributed by atoms with Crippen molar-refractivity contribution < 1.29 is 14.7 Å². The van der Waals surface area contributed by atoms with E-state index in [9.17, 15) is 14.7 Å². The fourth-order valence-corrected chi connectivity index (χ4v) is 5.00. The first-order valence-electron chi connectivity index (χ1n) is 11.1. The van der Waals surface area contributed by atoms with E-state index in [0.29, 0.717) is 49.0 Å². The molecule has 1 saturated heterocycles. The highest BCUT2D eigenvalue weighted by Crippen LogP contribution is 2.34. The summed E-state index contributed by atoms with van der Waals surface area (Å²) in [5, 5.41) is 13.9. The fraction of sp³-hybridized carbons (Fsp3) is 0.417. The van der Waals surface area contributed by atoms with E-state index < -0.39 is 5.60 Å². The lowest BCUT2D eigenvalue weighted by Crippen LogP contribution is -2.52. The maximum atomic E-state index is 13.3. The van der Waals surface area contributed by atoms with E-state index in [1.165, 1.54) is 0 Å². The third kappa shape index (κ3) is 3.57. The molecule has 2 radical (unpaired) electrons. The van der Waals surface area contributed by atoms with Crippen LogP contribution in [0.25, 0.3) is 11.6 Å². The predicted molar refractivity (Wildman–Crippen MR) is 125 cm³/mol. The number of aliphatic hydroxyl groups is 1. The van der Waals surface area contributed by atoms with Crippen molar-refractivity contribution in [3.05, 3.63) is 46.3 Å². The van der Waals surface area contributed by atoms with Crippen molar-refractivity contribution in [3.63, 3.8) is 0 Å². The van der Waals surface area contributed by atoms with Crippen molar-refractivity contribution in [3.8, 4) is 0 Å². The van der Waals surface area contributed by atoms with Crippen LogP contribution in [0.4, 0.5) is 5.69 Å². The van der Waals surface area contributed by atoms with Crippen molar-refractivity contribution in [2.45, 2.75) is 31.8 Å². The van der Waals surface area contributed by atoms with Gasteiger partial charge in [-0.3, -0.25) is 9.59 Å². The second kappa shape index (κ2) is 7.64. The minimum absolute atomic E-state index is 0.0579. The van der Waals surface area contributed by atoms with Crippen molar-refractivity contribution >= 4 is 42.5 Å². The van der Waals surface area contributed by atoms with Crippen LogP contribution >= 0.6 is 0 Å². The first-order valence-corrected chi connectivity index (χ1v) is 11.1. The number of β-amino-alcohol motifs (C(OH)–C–C–N with tert-alkyl or cyclic N) is 1. The predicted octanol–water partition coefficient (Wildman–Crippen LogP) is 1.06. The van der Waals surface area contributed by atoms with Gasteiger partial charge in [0.25, 0.3) is 11.8 Å². The van der Waals surface area contributed by atoms with Gasteiger partial charge in [0, 0.05) is 55.2 Å². The highest BCUT2D eigenvalue weighted by Gasteiger charge is 2.37. The van der Waals surface area contributed by atoms with Crippen LogP contribution < -0.4 is 10.8 Å². The zero-order valence-corrected chi connectivity index (χ0v) is 18.5. The molecule has 1 aromatic heterocycles. The molecule has 32 heavy (non-hydrogen) atoms. The van der Waals surface area contributed by atoms with E-state index in [-0.39, 0.29) is 11.8 Å². The van der Waals surface area contributed by atoms with Gasteiger partial charge in [0.1, 0.15) is 7.85 Å². The van der Waals surface area contributed by atoms with E-state index in [1.807, 2.05) is 6.92 Å². The van der Waals surface area contributed by atoms with Gasteiger partial charge in [0.2, 0.25) is 0 Å². The largest absolute Gasteiger partial charge is 0.388 e. The molecule has 3 N–H and O–H groups in total. The molecule has 3 aliphatic rings. The lowest BCUT2D eigenvalue weighted by molar-refractivity contribution is -0.110. The number of likely N-dealkylation sites (tertiary alicyclic amines) is 1. The second-order valence-corrected chi connectivity index (χ2v) is 9.34. The molecule has 0 aliphatic carbocycles.